The average molecular weight is 347 g/mol. The second-order valence-corrected chi connectivity index (χ2v) is 6.75. The van der Waals surface area contributed by atoms with Crippen molar-refractivity contribution in [3.63, 3.8) is 0 Å². The van der Waals surface area contributed by atoms with Gasteiger partial charge in [0, 0.05) is 25.5 Å². The third-order valence-corrected chi connectivity index (χ3v) is 4.92. The Bertz CT molecular complexity index is 915. The van der Waals surface area contributed by atoms with Crippen molar-refractivity contribution < 1.29 is 9.32 Å². The van der Waals surface area contributed by atoms with Crippen molar-refractivity contribution >= 4 is 5.91 Å². The minimum atomic E-state index is 0.101. The number of benzene rings is 2. The molecular weight excluding hydrogens is 326 g/mol. The van der Waals surface area contributed by atoms with Crippen molar-refractivity contribution in [1.82, 2.24) is 15.5 Å². The third kappa shape index (κ3) is 3.52. The van der Waals surface area contributed by atoms with Crippen LogP contribution in [0.3, 0.4) is 0 Å². The van der Waals surface area contributed by atoms with Crippen LogP contribution in [0.5, 0.6) is 0 Å². The topological polar surface area (TPSA) is 68.0 Å². The van der Waals surface area contributed by atoms with E-state index < -0.39 is 0 Å². The van der Waals surface area contributed by atoms with Gasteiger partial charge in [-0.2, -0.15) is 4.98 Å². The Morgan fingerprint density at radius 3 is 2.77 bits per heavy atom. The molecule has 0 aliphatic heterocycles. The summed E-state index contributed by atoms with van der Waals surface area (Å²) in [4.78, 5) is 16.5. The first-order valence-electron chi connectivity index (χ1n) is 8.93. The molecule has 0 radical (unpaired) electrons. The molecule has 1 unspecified atom stereocenters. The zero-order valence-corrected chi connectivity index (χ0v) is 14.7. The summed E-state index contributed by atoms with van der Waals surface area (Å²) >= 11 is 0. The van der Waals surface area contributed by atoms with Crippen molar-refractivity contribution in [2.45, 2.75) is 38.6 Å². The van der Waals surface area contributed by atoms with Gasteiger partial charge in [-0.25, -0.2) is 0 Å². The molecule has 0 spiro atoms. The van der Waals surface area contributed by atoms with Gasteiger partial charge in [-0.3, -0.25) is 4.79 Å². The number of nitrogens with zero attached hydrogens (tertiary/aromatic N) is 2. The van der Waals surface area contributed by atoms with Crippen LogP contribution in [0.2, 0.25) is 0 Å². The van der Waals surface area contributed by atoms with Crippen LogP contribution in [0.25, 0.3) is 11.4 Å². The first kappa shape index (κ1) is 16.5. The molecule has 1 N–H and O–H groups in total. The predicted molar refractivity (Wildman–Crippen MR) is 98.4 cm³/mol. The van der Waals surface area contributed by atoms with E-state index in [1.807, 2.05) is 24.3 Å². The van der Waals surface area contributed by atoms with Gasteiger partial charge in [0.05, 0.1) is 0 Å². The molecule has 1 heterocycles. The van der Waals surface area contributed by atoms with Crippen molar-refractivity contribution in [2.75, 3.05) is 0 Å². The molecule has 0 fully saturated rings. The Balaban J connectivity index is 1.32. The number of rotatable bonds is 5. The number of carbonyl (C=O) groups is 1. The van der Waals surface area contributed by atoms with Gasteiger partial charge in [-0.05, 0) is 35.4 Å². The molecule has 26 heavy (non-hydrogen) atoms. The molecule has 1 aliphatic carbocycles. The molecule has 2 aromatic carbocycles. The van der Waals surface area contributed by atoms with E-state index in [-0.39, 0.29) is 5.91 Å². The first-order chi connectivity index (χ1) is 12.7. The average Bonchev–Trinajstić information content (AvgIpc) is 3.27. The molecule has 4 rings (SSSR count). The second-order valence-electron chi connectivity index (χ2n) is 6.75. The highest BCUT2D eigenvalue weighted by atomic mass is 16.5. The van der Waals surface area contributed by atoms with E-state index in [1.165, 1.54) is 11.1 Å². The van der Waals surface area contributed by atoms with Crippen LogP contribution in [0, 0.1) is 6.92 Å². The number of carbonyl (C=O) groups excluding carboxylic acids is 1. The summed E-state index contributed by atoms with van der Waals surface area (Å²) in [6.07, 6.45) is 2.69. The maximum Gasteiger partial charge on any atom is 0.223 e. The molecule has 132 valence electrons. The smallest absolute Gasteiger partial charge is 0.223 e. The molecule has 1 atom stereocenters. The Hall–Kier alpha value is -2.95. The minimum Gasteiger partial charge on any atom is -0.352 e. The van der Waals surface area contributed by atoms with Gasteiger partial charge in [0.15, 0.2) is 0 Å². The van der Waals surface area contributed by atoms with Crippen molar-refractivity contribution in [1.29, 1.82) is 0 Å². The molecule has 0 bridgehead atoms. The molecule has 0 saturated carbocycles. The number of aromatic nitrogens is 2. The van der Waals surface area contributed by atoms with Gasteiger partial charge in [0.25, 0.3) is 0 Å². The Kier molecular flexibility index (Phi) is 4.52. The van der Waals surface area contributed by atoms with Crippen LogP contribution in [0.4, 0.5) is 0 Å². The van der Waals surface area contributed by atoms with Gasteiger partial charge in [0.1, 0.15) is 0 Å². The fraction of sp³-hybridized carbons (Fsp3) is 0.286. The summed E-state index contributed by atoms with van der Waals surface area (Å²) < 4.78 is 5.00. The molecule has 0 saturated heterocycles. The van der Waals surface area contributed by atoms with E-state index in [4.69, 9.17) is 4.52 Å². The second kappa shape index (κ2) is 7.12. The lowest BCUT2D eigenvalue weighted by molar-refractivity contribution is -0.121. The minimum absolute atomic E-state index is 0.101. The van der Waals surface area contributed by atoms with Gasteiger partial charge in [0.2, 0.25) is 17.6 Å². The van der Waals surface area contributed by atoms with E-state index in [0.717, 1.165) is 24.0 Å². The Morgan fingerprint density at radius 1 is 1.19 bits per heavy atom. The molecule has 5 nitrogen and oxygen atoms in total. The standard InChI is InChI=1S/C21H21N3O2/c1-14-23-21(24-26-14)17-8-6-15(7-9-17)13-22-20(25)12-18-11-10-16-4-2-3-5-19(16)18/h2-9,18H,10-13H2,1H3,(H,22,25). The Labute approximate surface area is 152 Å². The van der Waals surface area contributed by atoms with E-state index in [9.17, 15) is 4.79 Å². The summed E-state index contributed by atoms with van der Waals surface area (Å²) in [7, 11) is 0. The van der Waals surface area contributed by atoms with E-state index in [2.05, 4.69) is 39.7 Å². The number of hydrogen-bond acceptors (Lipinski definition) is 4. The summed E-state index contributed by atoms with van der Waals surface area (Å²) in [6, 6.07) is 16.3. The van der Waals surface area contributed by atoms with Crippen molar-refractivity contribution in [2.24, 2.45) is 0 Å². The zero-order chi connectivity index (χ0) is 17.9. The molecule has 1 amide bonds. The van der Waals surface area contributed by atoms with Crippen LogP contribution in [-0.4, -0.2) is 16.0 Å². The number of amides is 1. The fourth-order valence-electron chi connectivity index (χ4n) is 3.54. The van der Waals surface area contributed by atoms with Gasteiger partial charge >= 0.3 is 0 Å². The molecular formula is C21H21N3O2. The molecule has 1 aromatic heterocycles. The maximum atomic E-state index is 12.3. The van der Waals surface area contributed by atoms with E-state index in [1.54, 1.807) is 6.92 Å². The Morgan fingerprint density at radius 2 is 2.00 bits per heavy atom. The quantitative estimate of drug-likeness (QED) is 0.763. The maximum absolute atomic E-state index is 12.3. The molecule has 1 aliphatic rings. The summed E-state index contributed by atoms with van der Waals surface area (Å²) in [5, 5.41) is 6.94. The summed E-state index contributed by atoms with van der Waals surface area (Å²) in [6.45, 7) is 2.29. The lowest BCUT2D eigenvalue weighted by Gasteiger charge is -2.12. The third-order valence-electron chi connectivity index (χ3n) is 4.92. The number of nitrogens with one attached hydrogen (secondary N) is 1. The highest BCUT2D eigenvalue weighted by Gasteiger charge is 2.23. The summed E-state index contributed by atoms with van der Waals surface area (Å²) in [5.41, 5.74) is 4.67. The fourth-order valence-corrected chi connectivity index (χ4v) is 3.54. The van der Waals surface area contributed by atoms with E-state index >= 15 is 0 Å². The van der Waals surface area contributed by atoms with Crippen molar-refractivity contribution in [3.05, 3.63) is 71.1 Å². The predicted octanol–water partition coefficient (Wildman–Crippen LogP) is 3.78. The first-order valence-corrected chi connectivity index (χ1v) is 8.93. The molecule has 5 heteroatoms. The lowest BCUT2D eigenvalue weighted by atomic mass is 9.97. The van der Waals surface area contributed by atoms with Crippen molar-refractivity contribution in [3.8, 4) is 11.4 Å². The normalized spacial score (nSPS) is 15.7. The van der Waals surface area contributed by atoms with Crippen LogP contribution < -0.4 is 5.32 Å². The highest BCUT2D eigenvalue weighted by Crippen LogP contribution is 2.35. The monoisotopic (exact) mass is 347 g/mol. The van der Waals surface area contributed by atoms with E-state index in [0.29, 0.717) is 30.6 Å². The largest absolute Gasteiger partial charge is 0.352 e. The van der Waals surface area contributed by atoms with Gasteiger partial charge in [-0.15, -0.1) is 0 Å². The van der Waals surface area contributed by atoms with Crippen LogP contribution in [-0.2, 0) is 17.8 Å². The molecule has 3 aromatic rings. The van der Waals surface area contributed by atoms with Crippen LogP contribution in [0.1, 0.15) is 41.3 Å². The number of aryl methyl sites for hydroxylation is 2. The zero-order valence-electron chi connectivity index (χ0n) is 14.7. The van der Waals surface area contributed by atoms with Crippen LogP contribution in [0.15, 0.2) is 53.1 Å². The van der Waals surface area contributed by atoms with Crippen LogP contribution >= 0.6 is 0 Å². The van der Waals surface area contributed by atoms with Gasteiger partial charge in [-0.1, -0.05) is 53.7 Å². The SMILES string of the molecule is Cc1nc(-c2ccc(CNC(=O)CC3CCc4ccccc43)cc2)no1. The summed E-state index contributed by atoms with van der Waals surface area (Å²) in [5.74, 6) is 1.57. The number of hydrogen-bond donors (Lipinski definition) is 1. The van der Waals surface area contributed by atoms with Gasteiger partial charge < -0.3 is 9.84 Å². The number of fused-ring (bicyclic) bond motifs is 1. The lowest BCUT2D eigenvalue weighted by Crippen LogP contribution is -2.24. The highest BCUT2D eigenvalue weighted by molar-refractivity contribution is 5.77.